The molecule has 0 aliphatic heterocycles. The third-order valence-electron chi connectivity index (χ3n) is 5.23. The fraction of sp³-hybridized carbons (Fsp3) is 0.375. The predicted octanol–water partition coefficient (Wildman–Crippen LogP) is 1.87. The summed E-state index contributed by atoms with van der Waals surface area (Å²) in [5.74, 6) is 0.307. The van der Waals surface area contributed by atoms with Gasteiger partial charge >= 0.3 is 7.12 Å². The quantitative estimate of drug-likeness (QED) is 0.751. The van der Waals surface area contributed by atoms with Crippen molar-refractivity contribution in [3.63, 3.8) is 0 Å². The van der Waals surface area contributed by atoms with E-state index in [1.54, 1.807) is 0 Å². The molecule has 19 heavy (non-hydrogen) atoms. The van der Waals surface area contributed by atoms with Crippen LogP contribution in [0.4, 0.5) is 0 Å². The van der Waals surface area contributed by atoms with E-state index < -0.39 is 7.12 Å². The Balaban J connectivity index is 2.23. The molecule has 2 aliphatic rings. The molecule has 2 nitrogen and oxygen atoms in total. The molecule has 0 spiro atoms. The summed E-state index contributed by atoms with van der Waals surface area (Å²) in [6.07, 6.45) is 8.71. The van der Waals surface area contributed by atoms with Crippen LogP contribution in [0.15, 0.2) is 42.5 Å². The van der Waals surface area contributed by atoms with E-state index in [0.717, 1.165) is 0 Å². The molecule has 0 heterocycles. The fourth-order valence-corrected chi connectivity index (χ4v) is 3.62. The van der Waals surface area contributed by atoms with Gasteiger partial charge in [0, 0.05) is 11.3 Å². The second-order valence-corrected chi connectivity index (χ2v) is 6.35. The van der Waals surface area contributed by atoms with E-state index in [-0.39, 0.29) is 10.8 Å². The molecule has 1 aromatic rings. The zero-order valence-corrected chi connectivity index (χ0v) is 11.6. The molecule has 98 valence electrons. The van der Waals surface area contributed by atoms with E-state index in [1.807, 2.05) is 12.1 Å². The van der Waals surface area contributed by atoms with Crippen molar-refractivity contribution in [1.29, 1.82) is 0 Å². The van der Waals surface area contributed by atoms with Crippen molar-refractivity contribution in [1.82, 2.24) is 0 Å². The Morgan fingerprint density at radius 3 is 2.53 bits per heavy atom. The molecule has 0 radical (unpaired) electrons. The first-order chi connectivity index (χ1) is 8.88. The first kappa shape index (κ1) is 12.7. The van der Waals surface area contributed by atoms with Gasteiger partial charge in [0.1, 0.15) is 0 Å². The van der Waals surface area contributed by atoms with Crippen LogP contribution in [0.3, 0.4) is 0 Å². The number of benzene rings is 1. The maximum atomic E-state index is 9.37. The van der Waals surface area contributed by atoms with Crippen LogP contribution in [0.25, 0.3) is 0 Å². The highest BCUT2D eigenvalue weighted by molar-refractivity contribution is 6.58. The Kier molecular flexibility index (Phi) is 2.57. The van der Waals surface area contributed by atoms with Crippen LogP contribution in [0.1, 0.15) is 37.8 Å². The van der Waals surface area contributed by atoms with Crippen molar-refractivity contribution in [2.75, 3.05) is 0 Å². The van der Waals surface area contributed by atoms with Crippen LogP contribution in [-0.4, -0.2) is 17.2 Å². The topological polar surface area (TPSA) is 40.5 Å². The molecular weight excluding hydrogens is 235 g/mol. The lowest BCUT2D eigenvalue weighted by Crippen LogP contribution is -2.36. The maximum absolute atomic E-state index is 9.37. The molecule has 0 aromatic heterocycles. The average molecular weight is 254 g/mol. The Labute approximate surface area is 114 Å². The van der Waals surface area contributed by atoms with E-state index in [1.165, 1.54) is 11.1 Å². The molecule has 2 atom stereocenters. The predicted molar refractivity (Wildman–Crippen MR) is 78.4 cm³/mol. The summed E-state index contributed by atoms with van der Waals surface area (Å²) in [7, 11) is -1.40. The molecule has 3 heteroatoms. The first-order valence-corrected chi connectivity index (χ1v) is 6.74. The lowest BCUT2D eigenvalue weighted by molar-refractivity contribution is 0.245. The maximum Gasteiger partial charge on any atom is 0.488 e. The lowest BCUT2D eigenvalue weighted by atomic mass is 9.62. The van der Waals surface area contributed by atoms with Crippen LogP contribution in [0.5, 0.6) is 0 Å². The van der Waals surface area contributed by atoms with Gasteiger partial charge in [-0.1, -0.05) is 63.3 Å². The van der Waals surface area contributed by atoms with Crippen molar-refractivity contribution >= 4 is 12.6 Å². The number of hydrogen-bond donors (Lipinski definition) is 2. The standard InChI is InChI=1S/C16H19BO2/c1-15(2)13-8-7-11(17(18)19)10-12(13)14-6-4-5-9-16(14,15)3/h4-10,14,18-19H,1-3H3. The minimum atomic E-state index is -1.40. The summed E-state index contributed by atoms with van der Waals surface area (Å²) in [6, 6.07) is 5.82. The number of rotatable bonds is 1. The highest BCUT2D eigenvalue weighted by Gasteiger charge is 2.53. The van der Waals surface area contributed by atoms with Crippen LogP contribution in [0.2, 0.25) is 0 Å². The minimum absolute atomic E-state index is 0.0349. The Bertz CT molecular complexity index is 586. The van der Waals surface area contributed by atoms with Gasteiger partial charge in [0.2, 0.25) is 0 Å². The Morgan fingerprint density at radius 2 is 1.84 bits per heavy atom. The fourth-order valence-electron chi connectivity index (χ4n) is 3.62. The van der Waals surface area contributed by atoms with Gasteiger partial charge < -0.3 is 10.0 Å². The van der Waals surface area contributed by atoms with E-state index in [9.17, 15) is 10.0 Å². The van der Waals surface area contributed by atoms with Gasteiger partial charge in [-0.2, -0.15) is 0 Å². The second-order valence-electron chi connectivity index (χ2n) is 6.35. The minimum Gasteiger partial charge on any atom is -0.423 e. The van der Waals surface area contributed by atoms with Gasteiger partial charge in [0.05, 0.1) is 0 Å². The highest BCUT2D eigenvalue weighted by atomic mass is 16.4. The molecular formula is C16H19BO2. The third kappa shape index (κ3) is 1.52. The van der Waals surface area contributed by atoms with Crippen LogP contribution < -0.4 is 5.46 Å². The van der Waals surface area contributed by atoms with Gasteiger partial charge in [-0.15, -0.1) is 0 Å². The van der Waals surface area contributed by atoms with E-state index in [0.29, 0.717) is 11.4 Å². The molecule has 0 amide bonds. The zero-order valence-electron chi connectivity index (χ0n) is 11.6. The molecule has 0 saturated carbocycles. The van der Waals surface area contributed by atoms with Crippen molar-refractivity contribution in [3.8, 4) is 0 Å². The van der Waals surface area contributed by atoms with Crippen LogP contribution in [0, 0.1) is 5.41 Å². The number of fused-ring (bicyclic) bond motifs is 3. The van der Waals surface area contributed by atoms with E-state index >= 15 is 0 Å². The van der Waals surface area contributed by atoms with Crippen molar-refractivity contribution < 1.29 is 10.0 Å². The Hall–Kier alpha value is -1.32. The average Bonchev–Trinajstić information content (AvgIpc) is 2.55. The molecule has 0 saturated heterocycles. The summed E-state index contributed by atoms with van der Waals surface area (Å²) in [4.78, 5) is 0. The smallest absolute Gasteiger partial charge is 0.423 e. The lowest BCUT2D eigenvalue weighted by Gasteiger charge is -2.41. The molecule has 3 rings (SSSR count). The zero-order chi connectivity index (χ0) is 13.8. The van der Waals surface area contributed by atoms with Gasteiger partial charge in [-0.3, -0.25) is 0 Å². The van der Waals surface area contributed by atoms with E-state index in [2.05, 4.69) is 51.1 Å². The highest BCUT2D eigenvalue weighted by Crippen LogP contribution is 2.60. The van der Waals surface area contributed by atoms with E-state index in [4.69, 9.17) is 0 Å². The van der Waals surface area contributed by atoms with Crippen molar-refractivity contribution in [2.45, 2.75) is 32.1 Å². The summed E-state index contributed by atoms with van der Waals surface area (Å²) in [6.45, 7) is 6.82. The van der Waals surface area contributed by atoms with Crippen molar-refractivity contribution in [2.24, 2.45) is 5.41 Å². The van der Waals surface area contributed by atoms with Crippen molar-refractivity contribution in [3.05, 3.63) is 53.6 Å². The summed E-state index contributed by atoms with van der Waals surface area (Å²) >= 11 is 0. The van der Waals surface area contributed by atoms with Crippen LogP contribution in [-0.2, 0) is 5.41 Å². The van der Waals surface area contributed by atoms with Crippen LogP contribution >= 0.6 is 0 Å². The summed E-state index contributed by atoms with van der Waals surface area (Å²) in [5, 5.41) is 18.7. The summed E-state index contributed by atoms with van der Waals surface area (Å²) < 4.78 is 0. The van der Waals surface area contributed by atoms with Gasteiger partial charge in [-0.25, -0.2) is 0 Å². The molecule has 0 bridgehead atoms. The second kappa shape index (κ2) is 3.84. The molecule has 2 N–H and O–H groups in total. The molecule has 1 aromatic carbocycles. The molecule has 0 fully saturated rings. The number of allylic oxidation sites excluding steroid dienone is 4. The number of hydrogen-bond acceptors (Lipinski definition) is 2. The Morgan fingerprint density at radius 1 is 1.11 bits per heavy atom. The third-order valence-corrected chi connectivity index (χ3v) is 5.23. The molecule has 2 aliphatic carbocycles. The van der Waals surface area contributed by atoms with Gasteiger partial charge in [-0.05, 0) is 22.0 Å². The largest absolute Gasteiger partial charge is 0.488 e. The molecule has 2 unspecified atom stereocenters. The van der Waals surface area contributed by atoms with Gasteiger partial charge in [0.15, 0.2) is 0 Å². The first-order valence-electron chi connectivity index (χ1n) is 6.74. The monoisotopic (exact) mass is 254 g/mol. The normalized spacial score (nSPS) is 30.1. The summed E-state index contributed by atoms with van der Waals surface area (Å²) in [5.41, 5.74) is 3.18. The van der Waals surface area contributed by atoms with Gasteiger partial charge in [0.25, 0.3) is 0 Å². The SMILES string of the molecule is CC1(C)c2ccc(B(O)O)cc2C2C=CC=CC21C.